The van der Waals surface area contributed by atoms with Crippen molar-refractivity contribution in [3.8, 4) is 11.5 Å². The van der Waals surface area contributed by atoms with Crippen LogP contribution in [0.4, 0.5) is 5.69 Å². The highest BCUT2D eigenvalue weighted by molar-refractivity contribution is 6.30. The van der Waals surface area contributed by atoms with Crippen LogP contribution in [0.2, 0.25) is 5.02 Å². The molecule has 2 heterocycles. The zero-order valence-corrected chi connectivity index (χ0v) is 28.1. The summed E-state index contributed by atoms with van der Waals surface area (Å²) in [6.45, 7) is 10.8. The molecule has 1 saturated heterocycles. The van der Waals surface area contributed by atoms with E-state index in [0.717, 1.165) is 60.3 Å². The van der Waals surface area contributed by atoms with E-state index in [1.807, 2.05) is 72.2 Å². The summed E-state index contributed by atoms with van der Waals surface area (Å²) < 4.78 is 12.0. The second-order valence-electron chi connectivity index (χ2n) is 12.4. The third-order valence-corrected chi connectivity index (χ3v) is 9.65. The molecule has 0 radical (unpaired) electrons. The number of amides is 2. The summed E-state index contributed by atoms with van der Waals surface area (Å²) in [7, 11) is 3.72. The molecular formula is C37H46ClN3O4. The number of anilines is 1. The number of benzene rings is 3. The first kappa shape index (κ1) is 32.8. The Balaban J connectivity index is 1.50. The van der Waals surface area contributed by atoms with Gasteiger partial charge in [0.2, 0.25) is 11.8 Å². The van der Waals surface area contributed by atoms with Crippen molar-refractivity contribution >= 4 is 29.1 Å². The Labute approximate surface area is 273 Å². The first-order valence-electron chi connectivity index (χ1n) is 16.2. The maximum atomic E-state index is 14.0. The lowest BCUT2D eigenvalue weighted by molar-refractivity contribution is -0.139. The molecule has 3 aromatic rings. The van der Waals surface area contributed by atoms with Gasteiger partial charge in [0.25, 0.3) is 0 Å². The molecule has 5 rings (SSSR count). The van der Waals surface area contributed by atoms with Crippen molar-refractivity contribution in [2.45, 2.75) is 71.6 Å². The van der Waals surface area contributed by atoms with Crippen LogP contribution >= 0.6 is 11.6 Å². The van der Waals surface area contributed by atoms with Gasteiger partial charge in [0.15, 0.2) is 11.5 Å². The maximum Gasteiger partial charge on any atom is 0.232 e. The molecule has 2 aliphatic heterocycles. The van der Waals surface area contributed by atoms with E-state index < -0.39 is 0 Å². The average molecular weight is 632 g/mol. The molecule has 0 aromatic heterocycles. The van der Waals surface area contributed by atoms with Crippen molar-refractivity contribution in [3.05, 3.63) is 87.9 Å². The van der Waals surface area contributed by atoms with Gasteiger partial charge in [-0.1, -0.05) is 42.8 Å². The Kier molecular flexibility index (Phi) is 10.4. The van der Waals surface area contributed by atoms with Gasteiger partial charge in [-0.25, -0.2) is 0 Å². The molecule has 0 aliphatic carbocycles. The number of hydrogen-bond acceptors (Lipinski definition) is 5. The van der Waals surface area contributed by atoms with Crippen molar-refractivity contribution in [2.24, 2.45) is 5.92 Å². The number of carbonyl (C=O) groups excluding carboxylic acids is 2. The predicted octanol–water partition coefficient (Wildman–Crippen LogP) is 7.46. The van der Waals surface area contributed by atoms with Crippen molar-refractivity contribution in [2.75, 3.05) is 38.7 Å². The largest absolute Gasteiger partial charge is 0.493 e. The molecule has 3 aromatic carbocycles. The number of rotatable bonds is 10. The van der Waals surface area contributed by atoms with Crippen LogP contribution in [0.1, 0.15) is 81.3 Å². The molecule has 45 heavy (non-hydrogen) atoms. The van der Waals surface area contributed by atoms with Crippen molar-refractivity contribution in [1.29, 1.82) is 0 Å². The highest BCUT2D eigenvalue weighted by Crippen LogP contribution is 2.44. The van der Waals surface area contributed by atoms with Crippen LogP contribution in [-0.2, 0) is 16.0 Å². The fraction of sp³-hybridized carbons (Fsp3) is 0.459. The second-order valence-corrected chi connectivity index (χ2v) is 12.9. The quantitative estimate of drug-likeness (QED) is 0.233. The summed E-state index contributed by atoms with van der Waals surface area (Å²) in [5, 5.41) is 0.636. The number of likely N-dealkylation sites (tertiary alicyclic amines) is 1. The average Bonchev–Trinajstić information content (AvgIpc) is 3.04. The number of methoxy groups -OCH3 is 1. The minimum absolute atomic E-state index is 0.00678. The molecule has 4 atom stereocenters. The Hall–Kier alpha value is -3.55. The topological polar surface area (TPSA) is 62.3 Å². The Morgan fingerprint density at radius 2 is 1.76 bits per heavy atom. The molecule has 0 saturated carbocycles. The predicted molar refractivity (Wildman–Crippen MR) is 180 cm³/mol. The zero-order chi connectivity index (χ0) is 32.2. The number of piperidine rings is 1. The van der Waals surface area contributed by atoms with Gasteiger partial charge in [-0.3, -0.25) is 9.59 Å². The summed E-state index contributed by atoms with van der Waals surface area (Å²) in [6, 6.07) is 19.3. The third-order valence-electron chi connectivity index (χ3n) is 9.40. The van der Waals surface area contributed by atoms with Crippen LogP contribution in [0.5, 0.6) is 11.5 Å². The Morgan fingerprint density at radius 1 is 1.04 bits per heavy atom. The number of fused-ring (bicyclic) bond motifs is 1. The summed E-state index contributed by atoms with van der Waals surface area (Å²) in [6.07, 6.45) is 3.09. The first-order valence-corrected chi connectivity index (χ1v) is 16.6. The van der Waals surface area contributed by atoms with E-state index >= 15 is 0 Å². The number of carbonyl (C=O) groups is 2. The molecule has 8 heteroatoms. The van der Waals surface area contributed by atoms with Crippen molar-refractivity contribution in [3.63, 3.8) is 0 Å². The Bertz CT molecular complexity index is 1490. The third kappa shape index (κ3) is 7.00. The van der Waals surface area contributed by atoms with Crippen LogP contribution in [0, 0.1) is 5.92 Å². The molecule has 2 amide bonds. The lowest BCUT2D eigenvalue weighted by Gasteiger charge is -2.38. The van der Waals surface area contributed by atoms with Gasteiger partial charge < -0.3 is 24.2 Å². The molecule has 7 nitrogen and oxygen atoms in total. The molecule has 2 aliphatic rings. The second kappa shape index (κ2) is 14.3. The molecule has 0 spiro atoms. The molecular weight excluding hydrogens is 586 g/mol. The lowest BCUT2D eigenvalue weighted by atomic mass is 9.86. The first-order chi connectivity index (χ1) is 21.6. The maximum absolute atomic E-state index is 14.0. The van der Waals surface area contributed by atoms with E-state index in [4.69, 9.17) is 21.1 Å². The Morgan fingerprint density at radius 3 is 2.38 bits per heavy atom. The number of hydrogen-bond donors (Lipinski definition) is 0. The van der Waals surface area contributed by atoms with Crippen LogP contribution in [0.15, 0.2) is 60.7 Å². The molecule has 1 fully saturated rings. The van der Waals surface area contributed by atoms with E-state index in [9.17, 15) is 9.59 Å². The van der Waals surface area contributed by atoms with Gasteiger partial charge in [0, 0.05) is 23.8 Å². The van der Waals surface area contributed by atoms with Crippen LogP contribution in [-0.4, -0.2) is 61.5 Å². The van der Waals surface area contributed by atoms with Crippen molar-refractivity contribution in [1.82, 2.24) is 9.80 Å². The van der Waals surface area contributed by atoms with Gasteiger partial charge in [-0.15, -0.1) is 0 Å². The van der Waals surface area contributed by atoms with Crippen molar-refractivity contribution < 1.29 is 19.1 Å². The smallest absolute Gasteiger partial charge is 0.232 e. The van der Waals surface area contributed by atoms with Gasteiger partial charge >= 0.3 is 0 Å². The highest BCUT2D eigenvalue weighted by atomic mass is 35.5. The van der Waals surface area contributed by atoms with E-state index in [-0.39, 0.29) is 42.3 Å². The monoisotopic (exact) mass is 631 g/mol. The number of ether oxygens (including phenoxy) is 2. The molecule has 0 N–H and O–H groups in total. The van der Waals surface area contributed by atoms with E-state index in [2.05, 4.69) is 37.9 Å². The number of halogens is 1. The summed E-state index contributed by atoms with van der Waals surface area (Å²) >= 11 is 6.29. The van der Waals surface area contributed by atoms with Gasteiger partial charge in [-0.2, -0.15) is 0 Å². The van der Waals surface area contributed by atoms with Gasteiger partial charge in [0.05, 0.1) is 37.6 Å². The van der Waals surface area contributed by atoms with E-state index in [1.165, 1.54) is 0 Å². The number of nitrogens with zero attached hydrogens (tertiary/aromatic N) is 3. The zero-order valence-electron chi connectivity index (χ0n) is 27.4. The molecule has 240 valence electrons. The fourth-order valence-electron chi connectivity index (χ4n) is 6.69. The minimum Gasteiger partial charge on any atom is -0.493 e. The van der Waals surface area contributed by atoms with E-state index in [1.54, 1.807) is 7.11 Å². The SMILES string of the molecule is CCC(C)Oc1cc2c(cc1OC)CC(=O)N(c1ccc(C(C)N(CC)C(=O)C3CCCN(C)C3)cc1)C2c1ccc(Cl)cc1. The highest BCUT2D eigenvalue weighted by Gasteiger charge is 2.36. The normalized spacial score (nSPS) is 19.9. The van der Waals surface area contributed by atoms with Gasteiger partial charge in [-0.05, 0) is 112 Å². The lowest BCUT2D eigenvalue weighted by Crippen LogP contribution is -2.44. The summed E-state index contributed by atoms with van der Waals surface area (Å²) in [5.41, 5.74) is 4.70. The fourth-order valence-corrected chi connectivity index (χ4v) is 6.82. The molecule has 4 unspecified atom stereocenters. The van der Waals surface area contributed by atoms with Crippen LogP contribution < -0.4 is 14.4 Å². The van der Waals surface area contributed by atoms with E-state index in [0.29, 0.717) is 23.1 Å². The summed E-state index contributed by atoms with van der Waals surface area (Å²) in [5.74, 6) is 1.53. The summed E-state index contributed by atoms with van der Waals surface area (Å²) in [4.78, 5) is 33.6. The standard InChI is InChI=1S/C37H46ClN3O4/c1-7-24(3)45-34-22-32-29(20-33(34)44-6)21-35(42)41(36(32)27-11-15-30(38)16-12-27)31-17-13-26(14-18-31)25(4)40(8-2)37(43)28-10-9-19-39(5)23-28/h11-18,20,22,24-25,28,36H,7-10,19,21,23H2,1-6H3. The molecule has 0 bridgehead atoms. The van der Waals surface area contributed by atoms with Crippen LogP contribution in [0.25, 0.3) is 0 Å². The van der Waals surface area contributed by atoms with Crippen LogP contribution in [0.3, 0.4) is 0 Å². The minimum atomic E-state index is -0.385. The van der Waals surface area contributed by atoms with Gasteiger partial charge in [0.1, 0.15) is 0 Å².